The van der Waals surface area contributed by atoms with E-state index in [0.29, 0.717) is 5.17 Å². The summed E-state index contributed by atoms with van der Waals surface area (Å²) in [6.07, 6.45) is 6.39. The number of nitrogens with zero attached hydrogens (tertiary/aromatic N) is 3. The van der Waals surface area contributed by atoms with E-state index in [0.717, 1.165) is 25.8 Å². The van der Waals surface area contributed by atoms with Crippen molar-refractivity contribution >= 4 is 22.9 Å². The van der Waals surface area contributed by atoms with Crippen LogP contribution < -0.4 is 0 Å². The molecule has 0 N–H and O–H groups in total. The highest BCUT2D eigenvalue weighted by Crippen LogP contribution is 2.21. The summed E-state index contributed by atoms with van der Waals surface area (Å²) >= 11 is 1.38. The number of aliphatic imine (C=N–C) groups is 1. The van der Waals surface area contributed by atoms with Crippen molar-refractivity contribution in [2.24, 2.45) is 4.99 Å². The Morgan fingerprint density at radius 2 is 2.38 bits per heavy atom. The van der Waals surface area contributed by atoms with Gasteiger partial charge >= 0.3 is 5.97 Å². The third-order valence-electron chi connectivity index (χ3n) is 2.55. The fourth-order valence-corrected chi connectivity index (χ4v) is 2.40. The molecule has 0 aromatic heterocycles. The molecule has 1 aliphatic heterocycles. The lowest BCUT2D eigenvalue weighted by atomic mass is 10.0. The molecule has 0 spiro atoms. The Bertz CT molecular complexity index is 325. The molecule has 1 rings (SSSR count). The van der Waals surface area contributed by atoms with E-state index in [-0.39, 0.29) is 12.0 Å². The lowest BCUT2D eigenvalue weighted by Crippen LogP contribution is -2.47. The summed E-state index contributed by atoms with van der Waals surface area (Å²) < 4.78 is 4.76. The molecule has 0 saturated carbocycles. The predicted octanol–water partition coefficient (Wildman–Crippen LogP) is 1.21. The fourth-order valence-electron chi connectivity index (χ4n) is 1.81. The summed E-state index contributed by atoms with van der Waals surface area (Å²) in [5.41, 5.74) is 0. The molecular formula is C10H15N3O2S. The molecule has 0 bridgehead atoms. The lowest BCUT2D eigenvalue weighted by Gasteiger charge is -2.34. The van der Waals surface area contributed by atoms with Gasteiger partial charge in [-0.25, -0.2) is 4.79 Å². The summed E-state index contributed by atoms with van der Waals surface area (Å²) in [6.45, 7) is 0.751. The number of rotatable bonds is 1. The zero-order valence-electron chi connectivity index (χ0n) is 9.47. The van der Waals surface area contributed by atoms with Gasteiger partial charge in [-0.1, -0.05) is 11.8 Å². The van der Waals surface area contributed by atoms with Crippen molar-refractivity contribution in [2.75, 3.05) is 19.9 Å². The third kappa shape index (κ3) is 2.89. The highest BCUT2D eigenvalue weighted by atomic mass is 32.2. The van der Waals surface area contributed by atoms with Gasteiger partial charge in [0.25, 0.3) is 0 Å². The molecule has 0 aliphatic carbocycles. The van der Waals surface area contributed by atoms with Crippen molar-refractivity contribution < 1.29 is 9.53 Å². The van der Waals surface area contributed by atoms with Crippen LogP contribution in [-0.4, -0.2) is 42.0 Å². The number of carbonyl (C=O) groups is 1. The van der Waals surface area contributed by atoms with E-state index in [9.17, 15) is 4.79 Å². The summed E-state index contributed by atoms with van der Waals surface area (Å²) in [7, 11) is 1.38. The van der Waals surface area contributed by atoms with Crippen LogP contribution in [0.1, 0.15) is 19.3 Å². The van der Waals surface area contributed by atoms with Crippen LogP contribution in [0.3, 0.4) is 0 Å². The second-order valence-electron chi connectivity index (χ2n) is 3.43. The molecule has 1 unspecified atom stereocenters. The minimum Gasteiger partial charge on any atom is -0.467 e. The van der Waals surface area contributed by atoms with E-state index < -0.39 is 0 Å². The molecule has 6 heteroatoms. The molecular weight excluding hydrogens is 226 g/mol. The standard InChI is InChI=1S/C10H15N3O2S/c1-15-9(14)8-5-3-4-6-13(8)10(16-2)12-7-11/h8H,3-6H2,1-2H3. The third-order valence-corrected chi connectivity index (χ3v) is 3.24. The van der Waals surface area contributed by atoms with Crippen LogP contribution in [0.25, 0.3) is 0 Å². The van der Waals surface area contributed by atoms with Crippen molar-refractivity contribution in [2.45, 2.75) is 25.3 Å². The van der Waals surface area contributed by atoms with Gasteiger partial charge in [-0.05, 0) is 25.5 Å². The minimum atomic E-state index is -0.293. The van der Waals surface area contributed by atoms with E-state index in [2.05, 4.69) is 4.99 Å². The van der Waals surface area contributed by atoms with Gasteiger partial charge < -0.3 is 9.64 Å². The number of nitriles is 1. The maximum absolute atomic E-state index is 11.6. The van der Waals surface area contributed by atoms with Gasteiger partial charge in [0.2, 0.25) is 6.19 Å². The molecule has 1 aliphatic rings. The van der Waals surface area contributed by atoms with Gasteiger partial charge in [-0.15, -0.1) is 4.99 Å². The average Bonchev–Trinajstić information content (AvgIpc) is 2.35. The van der Waals surface area contributed by atoms with Crippen LogP contribution in [0, 0.1) is 11.5 Å². The van der Waals surface area contributed by atoms with Crippen molar-refractivity contribution in [3.8, 4) is 6.19 Å². The zero-order valence-corrected chi connectivity index (χ0v) is 10.3. The van der Waals surface area contributed by atoms with E-state index in [1.54, 1.807) is 6.19 Å². The van der Waals surface area contributed by atoms with Gasteiger partial charge in [0.05, 0.1) is 7.11 Å². The molecule has 5 nitrogen and oxygen atoms in total. The number of carbonyl (C=O) groups excluding carboxylic acids is 1. The lowest BCUT2D eigenvalue weighted by molar-refractivity contribution is -0.146. The molecule has 88 valence electrons. The van der Waals surface area contributed by atoms with E-state index in [1.807, 2.05) is 11.2 Å². The fraction of sp³-hybridized carbons (Fsp3) is 0.700. The number of hydrogen-bond acceptors (Lipinski definition) is 5. The monoisotopic (exact) mass is 241 g/mol. The first-order chi connectivity index (χ1) is 7.74. The maximum atomic E-state index is 11.6. The van der Waals surface area contributed by atoms with Gasteiger partial charge in [0.15, 0.2) is 5.17 Å². The van der Waals surface area contributed by atoms with Gasteiger partial charge in [-0.2, -0.15) is 5.26 Å². The van der Waals surface area contributed by atoms with Crippen LogP contribution in [0.4, 0.5) is 0 Å². The predicted molar refractivity (Wildman–Crippen MR) is 62.9 cm³/mol. The van der Waals surface area contributed by atoms with E-state index in [1.165, 1.54) is 18.9 Å². The summed E-state index contributed by atoms with van der Waals surface area (Å²) in [5.74, 6) is -0.251. The van der Waals surface area contributed by atoms with Crippen molar-refractivity contribution in [3.05, 3.63) is 0 Å². The summed E-state index contributed by atoms with van der Waals surface area (Å²) in [5, 5.41) is 9.18. The molecule has 0 aromatic rings. The second kappa shape index (κ2) is 6.38. The van der Waals surface area contributed by atoms with Crippen molar-refractivity contribution in [1.29, 1.82) is 5.26 Å². The van der Waals surface area contributed by atoms with Crippen LogP contribution >= 0.6 is 11.8 Å². The molecule has 1 saturated heterocycles. The minimum absolute atomic E-state index is 0.251. The van der Waals surface area contributed by atoms with Crippen LogP contribution in [0.5, 0.6) is 0 Å². The second-order valence-corrected chi connectivity index (χ2v) is 4.20. The van der Waals surface area contributed by atoms with Crippen molar-refractivity contribution in [3.63, 3.8) is 0 Å². The number of ether oxygens (including phenoxy) is 1. The largest absolute Gasteiger partial charge is 0.467 e. The Morgan fingerprint density at radius 3 is 2.94 bits per heavy atom. The van der Waals surface area contributed by atoms with Gasteiger partial charge in [0.1, 0.15) is 6.04 Å². The molecule has 1 atom stereocenters. The van der Waals surface area contributed by atoms with Gasteiger partial charge in [0, 0.05) is 6.54 Å². The number of hydrogen-bond donors (Lipinski definition) is 0. The van der Waals surface area contributed by atoms with E-state index in [4.69, 9.17) is 10.00 Å². The number of likely N-dealkylation sites (tertiary alicyclic amines) is 1. The Balaban J connectivity index is 2.85. The molecule has 0 radical (unpaired) electrons. The number of thioether (sulfide) groups is 1. The number of amidine groups is 1. The summed E-state index contributed by atoms with van der Waals surface area (Å²) in [6, 6.07) is -0.293. The number of esters is 1. The molecule has 1 heterocycles. The Hall–Kier alpha value is -1.22. The molecule has 16 heavy (non-hydrogen) atoms. The van der Waals surface area contributed by atoms with Crippen molar-refractivity contribution in [1.82, 2.24) is 4.90 Å². The van der Waals surface area contributed by atoms with Gasteiger partial charge in [-0.3, -0.25) is 0 Å². The highest BCUT2D eigenvalue weighted by molar-refractivity contribution is 8.13. The molecule has 1 fully saturated rings. The number of methoxy groups -OCH3 is 1. The van der Waals surface area contributed by atoms with E-state index >= 15 is 0 Å². The smallest absolute Gasteiger partial charge is 0.328 e. The summed E-state index contributed by atoms with van der Waals surface area (Å²) in [4.78, 5) is 17.2. The van der Waals surface area contributed by atoms with Crippen LogP contribution in [0.2, 0.25) is 0 Å². The zero-order chi connectivity index (χ0) is 12.0. The topological polar surface area (TPSA) is 65.7 Å². The Morgan fingerprint density at radius 1 is 1.62 bits per heavy atom. The normalized spacial score (nSPS) is 21.4. The molecule has 0 aromatic carbocycles. The SMILES string of the molecule is COC(=O)C1CCCCN1C(=NC#N)SC. The Labute approximate surface area is 99.5 Å². The first-order valence-corrected chi connectivity index (χ1v) is 6.32. The first-order valence-electron chi connectivity index (χ1n) is 5.09. The highest BCUT2D eigenvalue weighted by Gasteiger charge is 2.31. The first kappa shape index (κ1) is 12.8. The maximum Gasteiger partial charge on any atom is 0.328 e. The Kier molecular flexibility index (Phi) is 5.12. The average molecular weight is 241 g/mol. The molecule has 0 amide bonds. The van der Waals surface area contributed by atoms with Crippen LogP contribution in [0.15, 0.2) is 4.99 Å². The number of piperidine rings is 1. The van der Waals surface area contributed by atoms with Crippen LogP contribution in [-0.2, 0) is 9.53 Å². The quantitative estimate of drug-likeness (QED) is 0.299.